The van der Waals surface area contributed by atoms with E-state index >= 15 is 0 Å². The fourth-order valence-electron chi connectivity index (χ4n) is 2.70. The van der Waals surface area contributed by atoms with Crippen molar-refractivity contribution in [2.45, 2.75) is 17.9 Å². The second kappa shape index (κ2) is 6.48. The molecular formula is C18H17NO3S. The van der Waals surface area contributed by atoms with Gasteiger partial charge in [-0.05, 0) is 24.6 Å². The molecule has 1 aliphatic heterocycles. The van der Waals surface area contributed by atoms with E-state index in [0.29, 0.717) is 11.4 Å². The van der Waals surface area contributed by atoms with Gasteiger partial charge in [0, 0.05) is 6.54 Å². The Balaban J connectivity index is 1.97. The monoisotopic (exact) mass is 327 g/mol. The largest absolute Gasteiger partial charge is 0.478 e. The molecule has 118 valence electrons. The Morgan fingerprint density at radius 1 is 1.13 bits per heavy atom. The molecule has 0 aromatic heterocycles. The van der Waals surface area contributed by atoms with Crippen LogP contribution in [0, 0.1) is 6.92 Å². The van der Waals surface area contributed by atoms with Crippen LogP contribution in [0.4, 0.5) is 0 Å². The maximum absolute atomic E-state index is 12.9. The van der Waals surface area contributed by atoms with Crippen LogP contribution in [0.25, 0.3) is 0 Å². The van der Waals surface area contributed by atoms with Crippen molar-refractivity contribution in [1.29, 1.82) is 0 Å². The molecule has 23 heavy (non-hydrogen) atoms. The molecule has 3 rings (SSSR count). The van der Waals surface area contributed by atoms with Gasteiger partial charge in [0.05, 0.1) is 16.5 Å². The number of aryl methyl sites for hydroxylation is 1. The lowest BCUT2D eigenvalue weighted by Gasteiger charge is -2.25. The molecule has 0 bridgehead atoms. The van der Waals surface area contributed by atoms with Gasteiger partial charge in [0.15, 0.2) is 0 Å². The second-order valence-corrected chi connectivity index (χ2v) is 6.88. The molecule has 0 amide bonds. The molecule has 0 saturated carbocycles. The quantitative estimate of drug-likeness (QED) is 0.939. The molecule has 5 heteroatoms. The lowest BCUT2D eigenvalue weighted by Crippen LogP contribution is -2.29. The summed E-state index contributed by atoms with van der Waals surface area (Å²) >= 11 is 0. The SMILES string of the molecule is Cc1ccc(S(=O)N2CC=C(C(=O)O)C2c2ccccc2)cc1. The van der Waals surface area contributed by atoms with Crippen molar-refractivity contribution in [3.05, 3.63) is 77.4 Å². The third kappa shape index (κ3) is 3.11. The second-order valence-electron chi connectivity index (χ2n) is 5.44. The molecule has 1 aliphatic rings. The van der Waals surface area contributed by atoms with Crippen LogP contribution in [0.1, 0.15) is 17.2 Å². The van der Waals surface area contributed by atoms with Gasteiger partial charge in [-0.2, -0.15) is 0 Å². The van der Waals surface area contributed by atoms with Crippen LogP contribution in [0.2, 0.25) is 0 Å². The first-order valence-corrected chi connectivity index (χ1v) is 8.42. The van der Waals surface area contributed by atoms with Crippen LogP contribution < -0.4 is 0 Å². The summed E-state index contributed by atoms with van der Waals surface area (Å²) in [6.07, 6.45) is 1.64. The van der Waals surface area contributed by atoms with E-state index in [1.54, 1.807) is 10.4 Å². The first-order chi connectivity index (χ1) is 11.1. The van der Waals surface area contributed by atoms with Gasteiger partial charge in [0.1, 0.15) is 11.0 Å². The van der Waals surface area contributed by atoms with Gasteiger partial charge in [0.2, 0.25) is 0 Å². The first kappa shape index (κ1) is 15.6. The maximum atomic E-state index is 12.9. The van der Waals surface area contributed by atoms with Crippen molar-refractivity contribution < 1.29 is 14.1 Å². The van der Waals surface area contributed by atoms with Crippen LogP contribution in [-0.2, 0) is 15.8 Å². The average Bonchev–Trinajstić information content (AvgIpc) is 3.01. The summed E-state index contributed by atoms with van der Waals surface area (Å²) in [6.45, 7) is 2.32. The Morgan fingerprint density at radius 2 is 1.78 bits per heavy atom. The van der Waals surface area contributed by atoms with E-state index in [-0.39, 0.29) is 5.57 Å². The van der Waals surface area contributed by atoms with Crippen LogP contribution >= 0.6 is 0 Å². The summed E-state index contributed by atoms with van der Waals surface area (Å²) in [5.74, 6) is -0.970. The molecule has 2 aromatic rings. The van der Waals surface area contributed by atoms with E-state index < -0.39 is 23.0 Å². The number of hydrogen-bond acceptors (Lipinski definition) is 2. The predicted octanol–water partition coefficient (Wildman–Crippen LogP) is 3.09. The predicted molar refractivity (Wildman–Crippen MR) is 89.2 cm³/mol. The summed E-state index contributed by atoms with van der Waals surface area (Å²) in [6, 6.07) is 16.3. The minimum Gasteiger partial charge on any atom is -0.478 e. The van der Waals surface area contributed by atoms with Crippen molar-refractivity contribution in [1.82, 2.24) is 4.31 Å². The first-order valence-electron chi connectivity index (χ1n) is 7.31. The van der Waals surface area contributed by atoms with Crippen molar-refractivity contribution in [2.75, 3.05) is 6.54 Å². The molecule has 1 N–H and O–H groups in total. The third-order valence-electron chi connectivity index (χ3n) is 3.87. The summed E-state index contributed by atoms with van der Waals surface area (Å²) in [5.41, 5.74) is 2.20. The molecule has 0 saturated heterocycles. The smallest absolute Gasteiger partial charge is 0.333 e. The molecular weight excluding hydrogens is 310 g/mol. The molecule has 0 spiro atoms. The topological polar surface area (TPSA) is 57.6 Å². The van der Waals surface area contributed by atoms with Gasteiger partial charge >= 0.3 is 5.97 Å². The van der Waals surface area contributed by atoms with E-state index in [1.165, 1.54) is 0 Å². The number of carboxylic acids is 1. The highest BCUT2D eigenvalue weighted by Crippen LogP contribution is 2.36. The van der Waals surface area contributed by atoms with Crippen LogP contribution in [0.5, 0.6) is 0 Å². The Bertz CT molecular complexity index is 769. The van der Waals surface area contributed by atoms with Crippen molar-refractivity contribution in [3.63, 3.8) is 0 Å². The number of aliphatic carboxylic acids is 1. The molecule has 4 nitrogen and oxygen atoms in total. The van der Waals surface area contributed by atoms with Crippen LogP contribution in [0.15, 0.2) is 71.1 Å². The van der Waals surface area contributed by atoms with E-state index in [4.69, 9.17) is 0 Å². The standard InChI is InChI=1S/C18H17NO3S/c1-13-7-9-15(10-8-13)23(22)19-12-11-16(18(20)21)17(19)14-5-3-2-4-6-14/h2-11,17H,12H2,1H3,(H,20,21). The van der Waals surface area contributed by atoms with Gasteiger partial charge in [-0.1, -0.05) is 54.1 Å². The average molecular weight is 327 g/mol. The molecule has 0 radical (unpaired) electrons. The molecule has 2 atom stereocenters. The normalized spacial score (nSPS) is 19.3. The zero-order chi connectivity index (χ0) is 16.4. The van der Waals surface area contributed by atoms with Gasteiger partial charge in [-0.25, -0.2) is 13.3 Å². The Morgan fingerprint density at radius 3 is 2.39 bits per heavy atom. The van der Waals surface area contributed by atoms with E-state index in [1.807, 2.05) is 61.5 Å². The van der Waals surface area contributed by atoms with E-state index in [0.717, 1.165) is 11.1 Å². The summed E-state index contributed by atoms with van der Waals surface area (Å²) in [5, 5.41) is 9.46. The van der Waals surface area contributed by atoms with Gasteiger partial charge in [0.25, 0.3) is 0 Å². The Kier molecular flexibility index (Phi) is 4.41. The molecule has 1 heterocycles. The highest BCUT2D eigenvalue weighted by molar-refractivity contribution is 7.82. The number of hydrogen-bond donors (Lipinski definition) is 1. The minimum atomic E-state index is -1.42. The fourth-order valence-corrected chi connectivity index (χ4v) is 3.98. The molecule has 0 fully saturated rings. The highest BCUT2D eigenvalue weighted by Gasteiger charge is 2.36. The number of benzene rings is 2. The van der Waals surface area contributed by atoms with Crippen LogP contribution in [-0.4, -0.2) is 26.1 Å². The number of carboxylic acid groups (broad SMARTS) is 1. The number of carbonyl (C=O) groups is 1. The van der Waals surface area contributed by atoms with Gasteiger partial charge in [-0.3, -0.25) is 0 Å². The van der Waals surface area contributed by atoms with Crippen molar-refractivity contribution >= 4 is 17.0 Å². The number of rotatable bonds is 4. The Labute approximate surface area is 137 Å². The Hall–Kier alpha value is -2.24. The zero-order valence-corrected chi connectivity index (χ0v) is 13.5. The molecule has 2 aromatic carbocycles. The summed E-state index contributed by atoms with van der Waals surface area (Å²) in [7, 11) is -1.42. The lowest BCUT2D eigenvalue weighted by molar-refractivity contribution is -0.133. The molecule has 0 aliphatic carbocycles. The van der Waals surface area contributed by atoms with Crippen molar-refractivity contribution in [2.24, 2.45) is 0 Å². The third-order valence-corrected chi connectivity index (χ3v) is 5.33. The zero-order valence-electron chi connectivity index (χ0n) is 12.7. The minimum absolute atomic E-state index is 0.275. The van der Waals surface area contributed by atoms with E-state index in [9.17, 15) is 14.1 Å². The van der Waals surface area contributed by atoms with Gasteiger partial charge in [-0.15, -0.1) is 0 Å². The van der Waals surface area contributed by atoms with Crippen LogP contribution in [0.3, 0.4) is 0 Å². The maximum Gasteiger partial charge on any atom is 0.333 e. The lowest BCUT2D eigenvalue weighted by atomic mass is 10.0. The van der Waals surface area contributed by atoms with E-state index in [2.05, 4.69) is 0 Å². The highest BCUT2D eigenvalue weighted by atomic mass is 32.2. The summed E-state index contributed by atoms with van der Waals surface area (Å²) < 4.78 is 14.6. The molecule has 2 unspecified atom stereocenters. The summed E-state index contributed by atoms with van der Waals surface area (Å²) in [4.78, 5) is 12.2. The fraction of sp³-hybridized carbons (Fsp3) is 0.167. The van der Waals surface area contributed by atoms with Gasteiger partial charge < -0.3 is 5.11 Å². The number of nitrogens with zero attached hydrogens (tertiary/aromatic N) is 1. The van der Waals surface area contributed by atoms with Crippen molar-refractivity contribution in [3.8, 4) is 0 Å².